The van der Waals surface area contributed by atoms with E-state index in [0.717, 1.165) is 0 Å². The number of hydrogen-bond donors (Lipinski definition) is 1. The fraction of sp³-hybridized carbons (Fsp3) is 0. The molecule has 0 radical (unpaired) electrons. The van der Waals surface area contributed by atoms with E-state index in [9.17, 15) is 18.0 Å². The molecule has 0 aromatic heterocycles. The second-order valence-electron chi connectivity index (χ2n) is 3.82. The first-order valence-corrected chi connectivity index (χ1v) is 7.16. The van der Waals surface area contributed by atoms with Crippen LogP contribution in [0.5, 0.6) is 0 Å². The van der Waals surface area contributed by atoms with E-state index in [0.29, 0.717) is 25.7 Å². The van der Waals surface area contributed by atoms with Gasteiger partial charge >= 0.3 is 0 Å². The van der Waals surface area contributed by atoms with E-state index in [4.69, 9.17) is 0 Å². The van der Waals surface area contributed by atoms with Crippen LogP contribution in [0, 0.1) is 21.0 Å². The third-order valence-electron chi connectivity index (χ3n) is 2.43. The van der Waals surface area contributed by atoms with Crippen molar-refractivity contribution in [1.82, 2.24) is 0 Å². The molecule has 0 bridgehead atoms. The summed E-state index contributed by atoms with van der Waals surface area (Å²) in [5, 5.41) is 2.22. The molecule has 1 amide bonds. The summed E-state index contributed by atoms with van der Waals surface area (Å²) in [6.45, 7) is 0. The highest BCUT2D eigenvalue weighted by atomic mass is 127. The van der Waals surface area contributed by atoms with Gasteiger partial charge in [-0.3, -0.25) is 4.79 Å². The Bertz CT molecular complexity index is 694. The van der Waals surface area contributed by atoms with E-state index in [1.54, 1.807) is 18.2 Å². The molecule has 0 spiro atoms. The van der Waals surface area contributed by atoms with Crippen LogP contribution in [0.4, 0.5) is 18.9 Å². The Morgan fingerprint density at radius 1 is 1.05 bits per heavy atom. The summed E-state index contributed by atoms with van der Waals surface area (Å²) >= 11 is 5.16. The van der Waals surface area contributed by atoms with Crippen molar-refractivity contribution >= 4 is 50.1 Å². The molecule has 1 N–H and O–H groups in total. The lowest BCUT2D eigenvalue weighted by Gasteiger charge is -2.09. The van der Waals surface area contributed by atoms with Crippen LogP contribution in [-0.4, -0.2) is 5.91 Å². The minimum absolute atomic E-state index is 0.295. The molecule has 0 saturated heterocycles. The van der Waals surface area contributed by atoms with Crippen LogP contribution in [0.25, 0.3) is 0 Å². The van der Waals surface area contributed by atoms with Gasteiger partial charge in [0.2, 0.25) is 0 Å². The highest BCUT2D eigenvalue weighted by Gasteiger charge is 2.15. The Labute approximate surface area is 134 Å². The zero-order valence-corrected chi connectivity index (χ0v) is 13.4. The number of carbonyl (C=O) groups excluding carboxylic acids is 1. The van der Waals surface area contributed by atoms with Gasteiger partial charge in [-0.2, -0.15) is 0 Å². The summed E-state index contributed by atoms with van der Waals surface area (Å²) in [5.74, 6) is -4.19. The first kappa shape index (κ1) is 15.3. The summed E-state index contributed by atoms with van der Waals surface area (Å²) in [4.78, 5) is 12.0. The van der Waals surface area contributed by atoms with Gasteiger partial charge in [0, 0.05) is 20.2 Å². The average molecular weight is 456 g/mol. The number of halogens is 5. The summed E-state index contributed by atoms with van der Waals surface area (Å²) in [6, 6.07) is 5.98. The third kappa shape index (κ3) is 3.32. The van der Waals surface area contributed by atoms with E-state index in [1.807, 2.05) is 22.6 Å². The lowest BCUT2D eigenvalue weighted by Crippen LogP contribution is -2.15. The molecular weight excluding hydrogens is 450 g/mol. The minimum atomic E-state index is -1.31. The van der Waals surface area contributed by atoms with Crippen molar-refractivity contribution in [3.8, 4) is 0 Å². The van der Waals surface area contributed by atoms with Crippen LogP contribution >= 0.6 is 38.5 Å². The van der Waals surface area contributed by atoms with E-state index in [1.165, 1.54) is 0 Å². The highest BCUT2D eigenvalue weighted by molar-refractivity contribution is 14.1. The standard InChI is InChI=1S/C13H6BrF3INO/c14-6-1-2-11(18)7(3-6)13(20)19-12-5-9(16)8(15)4-10(12)17/h1-5H,(H,19,20). The molecule has 20 heavy (non-hydrogen) atoms. The summed E-state index contributed by atoms with van der Waals surface area (Å²) in [7, 11) is 0. The maximum Gasteiger partial charge on any atom is 0.256 e. The SMILES string of the molecule is O=C(Nc1cc(F)c(F)cc1F)c1cc(Br)ccc1I. The lowest BCUT2D eigenvalue weighted by atomic mass is 10.2. The van der Waals surface area contributed by atoms with Gasteiger partial charge in [0.1, 0.15) is 5.82 Å². The number of amides is 1. The number of rotatable bonds is 2. The fourth-order valence-electron chi connectivity index (χ4n) is 1.48. The Morgan fingerprint density at radius 3 is 2.40 bits per heavy atom. The van der Waals surface area contributed by atoms with Crippen molar-refractivity contribution in [2.24, 2.45) is 0 Å². The van der Waals surface area contributed by atoms with Crippen LogP contribution < -0.4 is 5.32 Å². The molecule has 104 valence electrons. The van der Waals surface area contributed by atoms with Gasteiger partial charge in [-0.05, 0) is 40.8 Å². The van der Waals surface area contributed by atoms with E-state index in [2.05, 4.69) is 21.2 Å². The molecule has 2 rings (SSSR count). The normalized spacial score (nSPS) is 10.4. The fourth-order valence-corrected chi connectivity index (χ4v) is 2.42. The Kier molecular flexibility index (Phi) is 4.69. The predicted octanol–water partition coefficient (Wildman–Crippen LogP) is 4.72. The number of anilines is 1. The Balaban J connectivity index is 2.32. The van der Waals surface area contributed by atoms with Crippen LogP contribution in [0.15, 0.2) is 34.8 Å². The largest absolute Gasteiger partial charge is 0.319 e. The summed E-state index contributed by atoms with van der Waals surface area (Å²) in [5.41, 5.74) is -0.117. The molecule has 0 aliphatic carbocycles. The van der Waals surface area contributed by atoms with Crippen molar-refractivity contribution in [3.05, 3.63) is 61.4 Å². The van der Waals surface area contributed by atoms with Gasteiger partial charge in [0.05, 0.1) is 11.3 Å². The molecule has 0 atom stereocenters. The Morgan fingerprint density at radius 2 is 1.70 bits per heavy atom. The number of benzene rings is 2. The van der Waals surface area contributed by atoms with Crippen LogP contribution in [0.3, 0.4) is 0 Å². The van der Waals surface area contributed by atoms with Gasteiger partial charge < -0.3 is 5.32 Å². The molecule has 7 heteroatoms. The molecule has 0 aliphatic heterocycles. The molecule has 2 aromatic carbocycles. The second-order valence-corrected chi connectivity index (χ2v) is 5.90. The molecule has 0 saturated carbocycles. The predicted molar refractivity (Wildman–Crippen MR) is 81.1 cm³/mol. The molecule has 2 aromatic rings. The molecule has 0 unspecified atom stereocenters. The van der Waals surface area contributed by atoms with Gasteiger partial charge in [-0.15, -0.1) is 0 Å². The highest BCUT2D eigenvalue weighted by Crippen LogP contribution is 2.22. The first-order chi connectivity index (χ1) is 9.38. The lowest BCUT2D eigenvalue weighted by molar-refractivity contribution is 0.102. The van der Waals surface area contributed by atoms with Gasteiger partial charge in [0.15, 0.2) is 11.6 Å². The third-order valence-corrected chi connectivity index (χ3v) is 3.87. The number of carbonyl (C=O) groups is 1. The maximum atomic E-state index is 13.5. The van der Waals surface area contributed by atoms with Crippen LogP contribution in [0.2, 0.25) is 0 Å². The van der Waals surface area contributed by atoms with Crippen molar-refractivity contribution in [2.75, 3.05) is 5.32 Å². The van der Waals surface area contributed by atoms with Gasteiger partial charge in [-0.25, -0.2) is 13.2 Å². The number of hydrogen-bond acceptors (Lipinski definition) is 1. The van der Waals surface area contributed by atoms with Crippen molar-refractivity contribution in [1.29, 1.82) is 0 Å². The topological polar surface area (TPSA) is 29.1 Å². The van der Waals surface area contributed by atoms with Crippen molar-refractivity contribution < 1.29 is 18.0 Å². The molecule has 2 nitrogen and oxygen atoms in total. The first-order valence-electron chi connectivity index (χ1n) is 5.29. The van der Waals surface area contributed by atoms with Crippen LogP contribution in [0.1, 0.15) is 10.4 Å². The number of nitrogens with one attached hydrogen (secondary N) is 1. The van der Waals surface area contributed by atoms with E-state index < -0.39 is 29.0 Å². The molecular formula is C13H6BrF3INO. The maximum absolute atomic E-state index is 13.5. The zero-order chi connectivity index (χ0) is 14.9. The van der Waals surface area contributed by atoms with E-state index >= 15 is 0 Å². The summed E-state index contributed by atoms with van der Waals surface area (Å²) in [6.07, 6.45) is 0. The minimum Gasteiger partial charge on any atom is -0.319 e. The van der Waals surface area contributed by atoms with Crippen molar-refractivity contribution in [2.45, 2.75) is 0 Å². The average Bonchev–Trinajstić information content (AvgIpc) is 2.38. The van der Waals surface area contributed by atoms with E-state index in [-0.39, 0.29) is 0 Å². The monoisotopic (exact) mass is 455 g/mol. The zero-order valence-electron chi connectivity index (χ0n) is 9.68. The second kappa shape index (κ2) is 6.13. The van der Waals surface area contributed by atoms with Gasteiger partial charge in [-0.1, -0.05) is 15.9 Å². The molecule has 0 aliphatic rings. The Hall–Kier alpha value is -1.09. The van der Waals surface area contributed by atoms with Crippen LogP contribution in [-0.2, 0) is 0 Å². The van der Waals surface area contributed by atoms with Gasteiger partial charge in [0.25, 0.3) is 5.91 Å². The van der Waals surface area contributed by atoms with Crippen molar-refractivity contribution in [3.63, 3.8) is 0 Å². The smallest absolute Gasteiger partial charge is 0.256 e. The quantitative estimate of drug-likeness (QED) is 0.515. The summed E-state index contributed by atoms with van der Waals surface area (Å²) < 4.78 is 40.6. The molecule has 0 fully saturated rings. The molecule has 0 heterocycles.